The van der Waals surface area contributed by atoms with Gasteiger partial charge < -0.3 is 10.8 Å². The molecule has 3 N–H and O–H groups in total. The lowest BCUT2D eigenvalue weighted by molar-refractivity contribution is -0.148. The topological polar surface area (TPSA) is 49.5 Å². The average molecular weight is 320 g/mol. The van der Waals surface area contributed by atoms with E-state index in [9.17, 15) is 22.7 Å². The van der Waals surface area contributed by atoms with Gasteiger partial charge in [-0.05, 0) is 37.1 Å². The molecule has 0 aliphatic rings. The van der Waals surface area contributed by atoms with Gasteiger partial charge in [0.25, 0.3) is 0 Å². The van der Waals surface area contributed by atoms with Crippen molar-refractivity contribution >= 4 is 0 Å². The fourth-order valence-corrected chi connectivity index (χ4v) is 2.01. The first-order valence-electron chi connectivity index (χ1n) is 6.83. The van der Waals surface area contributed by atoms with Crippen LogP contribution >= 0.6 is 0 Å². The van der Waals surface area contributed by atoms with E-state index in [0.717, 1.165) is 10.5 Å². The second-order valence-electron chi connectivity index (χ2n) is 5.17. The van der Waals surface area contributed by atoms with Crippen LogP contribution in [0.25, 0.3) is 0 Å². The van der Waals surface area contributed by atoms with Gasteiger partial charge in [-0.1, -0.05) is 18.7 Å². The zero-order chi connectivity index (χ0) is 16.8. The van der Waals surface area contributed by atoms with Crippen LogP contribution in [0.3, 0.4) is 0 Å². The van der Waals surface area contributed by atoms with Gasteiger partial charge in [0.1, 0.15) is 11.9 Å². The van der Waals surface area contributed by atoms with E-state index in [1.165, 1.54) is 12.1 Å². The van der Waals surface area contributed by atoms with Crippen LogP contribution in [0.4, 0.5) is 17.6 Å². The third kappa shape index (κ3) is 7.42. The summed E-state index contributed by atoms with van der Waals surface area (Å²) in [5, 5.41) is 9.57. The Bertz CT molecular complexity index is 473. The Morgan fingerprint density at radius 2 is 1.86 bits per heavy atom. The number of aryl methyl sites for hydroxylation is 1. The average Bonchev–Trinajstić information content (AvgIpc) is 2.39. The molecule has 0 bridgehead atoms. The van der Waals surface area contributed by atoms with Gasteiger partial charge in [0.2, 0.25) is 0 Å². The molecule has 3 nitrogen and oxygen atoms in total. The van der Waals surface area contributed by atoms with Crippen molar-refractivity contribution in [3.8, 4) is 0 Å². The lowest BCUT2D eigenvalue weighted by atomic mass is 10.1. The van der Waals surface area contributed by atoms with Crippen LogP contribution in [-0.2, 0) is 6.42 Å². The Hall–Kier alpha value is -1.60. The van der Waals surface area contributed by atoms with Crippen molar-refractivity contribution in [3.63, 3.8) is 0 Å². The number of aliphatic hydroxyl groups excluding tert-OH is 1. The van der Waals surface area contributed by atoms with Crippen molar-refractivity contribution in [1.29, 1.82) is 0 Å². The molecule has 0 aliphatic heterocycles. The third-order valence-corrected chi connectivity index (χ3v) is 3.12. The molecule has 0 radical (unpaired) electrons. The number of benzene rings is 1. The van der Waals surface area contributed by atoms with Crippen LogP contribution in [0.15, 0.2) is 36.5 Å². The number of hydrogen-bond donors (Lipinski definition) is 2. The monoisotopic (exact) mass is 320 g/mol. The van der Waals surface area contributed by atoms with E-state index in [1.807, 2.05) is 0 Å². The summed E-state index contributed by atoms with van der Waals surface area (Å²) < 4.78 is 50.4. The summed E-state index contributed by atoms with van der Waals surface area (Å²) in [5.74, 6) is -0.355. The lowest BCUT2D eigenvalue weighted by Crippen LogP contribution is -2.41. The first-order chi connectivity index (χ1) is 10.2. The van der Waals surface area contributed by atoms with E-state index in [1.54, 1.807) is 12.1 Å². The Balaban J connectivity index is 2.52. The summed E-state index contributed by atoms with van der Waals surface area (Å²) >= 11 is 0. The van der Waals surface area contributed by atoms with Crippen LogP contribution in [0, 0.1) is 5.82 Å². The van der Waals surface area contributed by atoms with Crippen molar-refractivity contribution in [2.24, 2.45) is 5.73 Å². The minimum Gasteiger partial charge on any atom is -0.400 e. The van der Waals surface area contributed by atoms with Crippen molar-refractivity contribution < 1.29 is 22.7 Å². The molecular formula is C15H20F4N2O. The SMILES string of the molecule is C=C(N)[C@@H](O)CN(CCCc1ccc(F)cc1)CC(F)(F)F. The molecule has 124 valence electrons. The molecule has 1 atom stereocenters. The standard InChI is InChI=1S/C15H20F4N2O/c1-11(20)14(22)9-21(10-15(17,18)19)8-2-3-12-4-6-13(16)7-5-12/h4-7,14,22H,1-3,8-10,20H2/t14-/m0/s1. The molecule has 0 heterocycles. The quantitative estimate of drug-likeness (QED) is 0.724. The summed E-state index contributed by atoms with van der Waals surface area (Å²) in [7, 11) is 0. The molecule has 1 rings (SSSR count). The van der Waals surface area contributed by atoms with E-state index in [0.29, 0.717) is 12.8 Å². The number of aliphatic hydroxyl groups is 1. The molecule has 0 amide bonds. The summed E-state index contributed by atoms with van der Waals surface area (Å²) in [6, 6.07) is 5.82. The van der Waals surface area contributed by atoms with Crippen molar-refractivity contribution in [2.45, 2.75) is 25.1 Å². The summed E-state index contributed by atoms with van der Waals surface area (Å²) in [5.41, 5.74) is 6.07. The van der Waals surface area contributed by atoms with Crippen LogP contribution < -0.4 is 5.73 Å². The highest BCUT2D eigenvalue weighted by atomic mass is 19.4. The van der Waals surface area contributed by atoms with Crippen molar-refractivity contribution in [3.05, 3.63) is 47.9 Å². The number of alkyl halides is 3. The molecule has 0 fully saturated rings. The normalized spacial score (nSPS) is 13.4. The second kappa shape index (κ2) is 8.14. The minimum absolute atomic E-state index is 0.0642. The molecule has 0 saturated carbocycles. The second-order valence-corrected chi connectivity index (χ2v) is 5.17. The van der Waals surface area contributed by atoms with Crippen LogP contribution in [-0.4, -0.2) is 41.9 Å². The maximum absolute atomic E-state index is 12.8. The molecule has 0 aliphatic carbocycles. The van der Waals surface area contributed by atoms with Crippen molar-refractivity contribution in [2.75, 3.05) is 19.6 Å². The van der Waals surface area contributed by atoms with E-state index in [2.05, 4.69) is 6.58 Å². The van der Waals surface area contributed by atoms with Gasteiger partial charge in [-0.2, -0.15) is 13.2 Å². The predicted octanol–water partition coefficient (Wildman–Crippen LogP) is 2.46. The predicted molar refractivity (Wildman–Crippen MR) is 76.6 cm³/mol. The first-order valence-corrected chi connectivity index (χ1v) is 6.83. The molecule has 1 aromatic carbocycles. The van der Waals surface area contributed by atoms with Gasteiger partial charge in [0, 0.05) is 12.2 Å². The summed E-state index contributed by atoms with van der Waals surface area (Å²) in [6.07, 6.45) is -4.58. The Labute approximate surface area is 127 Å². The highest BCUT2D eigenvalue weighted by Crippen LogP contribution is 2.17. The Morgan fingerprint density at radius 3 is 2.36 bits per heavy atom. The third-order valence-electron chi connectivity index (χ3n) is 3.12. The number of hydrogen-bond acceptors (Lipinski definition) is 3. The number of nitrogens with two attached hydrogens (primary N) is 1. The minimum atomic E-state index is -4.36. The molecule has 0 saturated heterocycles. The van der Waals surface area contributed by atoms with E-state index < -0.39 is 18.8 Å². The largest absolute Gasteiger partial charge is 0.401 e. The Morgan fingerprint density at radius 1 is 1.27 bits per heavy atom. The van der Waals surface area contributed by atoms with Crippen LogP contribution in [0.1, 0.15) is 12.0 Å². The van der Waals surface area contributed by atoms with E-state index in [4.69, 9.17) is 5.73 Å². The van der Waals surface area contributed by atoms with Gasteiger partial charge in [0.05, 0.1) is 6.54 Å². The number of nitrogens with zero attached hydrogens (tertiary/aromatic N) is 1. The zero-order valence-electron chi connectivity index (χ0n) is 12.1. The lowest BCUT2D eigenvalue weighted by Gasteiger charge is -2.26. The Kier molecular flexibility index (Phi) is 6.83. The van der Waals surface area contributed by atoms with E-state index >= 15 is 0 Å². The van der Waals surface area contributed by atoms with Crippen LogP contribution in [0.5, 0.6) is 0 Å². The molecule has 0 spiro atoms. The zero-order valence-corrected chi connectivity index (χ0v) is 12.1. The van der Waals surface area contributed by atoms with Crippen LogP contribution in [0.2, 0.25) is 0 Å². The summed E-state index contributed by atoms with van der Waals surface area (Å²) in [4.78, 5) is 1.09. The first kappa shape index (κ1) is 18.4. The highest BCUT2D eigenvalue weighted by Gasteiger charge is 2.31. The van der Waals surface area contributed by atoms with Gasteiger partial charge in [-0.15, -0.1) is 0 Å². The molecule has 22 heavy (non-hydrogen) atoms. The molecule has 7 heteroatoms. The molecular weight excluding hydrogens is 300 g/mol. The molecule has 0 aromatic heterocycles. The maximum Gasteiger partial charge on any atom is 0.401 e. The number of rotatable bonds is 8. The fourth-order valence-electron chi connectivity index (χ4n) is 2.01. The van der Waals surface area contributed by atoms with Gasteiger partial charge in [0.15, 0.2) is 0 Å². The summed E-state index contributed by atoms with van der Waals surface area (Å²) in [6.45, 7) is 2.12. The maximum atomic E-state index is 12.8. The fraction of sp³-hybridized carbons (Fsp3) is 0.467. The molecule has 0 unspecified atom stereocenters. The van der Waals surface area contributed by atoms with Gasteiger partial charge in [-0.25, -0.2) is 4.39 Å². The van der Waals surface area contributed by atoms with Crippen molar-refractivity contribution in [1.82, 2.24) is 4.90 Å². The van der Waals surface area contributed by atoms with E-state index in [-0.39, 0.29) is 24.6 Å². The molecule has 1 aromatic rings. The smallest absolute Gasteiger partial charge is 0.400 e. The van der Waals surface area contributed by atoms with Gasteiger partial charge >= 0.3 is 6.18 Å². The van der Waals surface area contributed by atoms with Gasteiger partial charge in [-0.3, -0.25) is 4.90 Å². The highest BCUT2D eigenvalue weighted by molar-refractivity contribution is 5.16. The number of halogens is 4.